The number of nitrogen functional groups attached to an aromatic ring is 1. The van der Waals surface area contributed by atoms with Gasteiger partial charge in [-0.15, -0.1) is 0 Å². The van der Waals surface area contributed by atoms with Crippen LogP contribution in [0.15, 0.2) is 18.1 Å². The molecule has 2 aliphatic heterocycles. The lowest BCUT2D eigenvalue weighted by atomic mass is 10.0. The third-order valence-corrected chi connectivity index (χ3v) is 2.85. The molecule has 7 nitrogen and oxygen atoms in total. The molecular formula is C13H11N3O4. The minimum absolute atomic E-state index is 0.00722. The molecule has 0 aromatic heterocycles. The second kappa shape index (κ2) is 4.16. The number of imide groups is 2. The average Bonchev–Trinajstić information content (AvgIpc) is 2.79. The monoisotopic (exact) mass is 279 g/mol. The van der Waals surface area contributed by atoms with E-state index in [1.54, 1.807) is 5.32 Å². The van der Waals surface area contributed by atoms with E-state index >= 15 is 0 Å². The van der Waals surface area contributed by atoms with Gasteiger partial charge in [0.15, 0.2) is 0 Å². The molecule has 3 rings (SSSR count). The number of carbonyl (C=O) groups is 4. The van der Waals surface area contributed by atoms with Crippen molar-refractivity contribution in [3.63, 3.8) is 0 Å². The summed E-state index contributed by atoms with van der Waals surface area (Å²) < 4.78 is 47.1. The Morgan fingerprint density at radius 1 is 1.35 bits per heavy atom. The van der Waals surface area contributed by atoms with Gasteiger partial charge in [0.05, 0.1) is 16.6 Å². The smallest absolute Gasteiger partial charge is 0.264 e. The summed E-state index contributed by atoms with van der Waals surface area (Å²) >= 11 is 0. The second-order valence-corrected chi connectivity index (χ2v) is 4.06. The van der Waals surface area contributed by atoms with Gasteiger partial charge >= 0.3 is 0 Å². The number of amides is 4. The van der Waals surface area contributed by atoms with Crippen LogP contribution in [0.5, 0.6) is 0 Å². The summed E-state index contributed by atoms with van der Waals surface area (Å²) in [5, 5.41) is 1.72. The van der Waals surface area contributed by atoms with Crippen molar-refractivity contribution < 1.29 is 27.4 Å². The Kier molecular flexibility index (Phi) is 1.49. The number of nitrogens with one attached hydrogen (secondary N) is 1. The van der Waals surface area contributed by atoms with Crippen LogP contribution in [0.3, 0.4) is 0 Å². The molecule has 2 aliphatic rings. The summed E-state index contributed by atoms with van der Waals surface area (Å²) in [6.45, 7) is 0. The SMILES string of the molecule is [2H]c1c([2H])c(N)c2c(c1[2H])C(=O)N([C@@]1([2H])C(=O)NC(=O)CC1([2H])[2H])C2=O. The zero-order chi connectivity index (χ0) is 19.8. The van der Waals surface area contributed by atoms with Crippen LogP contribution in [0, 0.1) is 0 Å². The molecule has 0 unspecified atom stereocenters. The highest BCUT2D eigenvalue weighted by atomic mass is 16.2. The molecule has 2 heterocycles. The van der Waals surface area contributed by atoms with Crippen molar-refractivity contribution in [1.29, 1.82) is 0 Å². The van der Waals surface area contributed by atoms with Gasteiger partial charge in [-0.3, -0.25) is 29.4 Å². The molecule has 102 valence electrons. The van der Waals surface area contributed by atoms with Crippen molar-refractivity contribution in [1.82, 2.24) is 10.2 Å². The van der Waals surface area contributed by atoms with Crippen LogP contribution >= 0.6 is 0 Å². The van der Waals surface area contributed by atoms with Crippen molar-refractivity contribution in [2.24, 2.45) is 0 Å². The highest BCUT2D eigenvalue weighted by Gasteiger charge is 2.45. The molecule has 0 spiro atoms. The van der Waals surface area contributed by atoms with E-state index in [2.05, 4.69) is 0 Å². The number of piperidine rings is 1. The number of hydrogen-bond donors (Lipinski definition) is 2. The van der Waals surface area contributed by atoms with E-state index in [4.69, 9.17) is 14.0 Å². The number of rotatable bonds is 1. The molecule has 0 radical (unpaired) electrons. The fourth-order valence-electron chi connectivity index (χ4n) is 1.98. The summed E-state index contributed by atoms with van der Waals surface area (Å²) in [6, 6.07) is -5.33. The molecule has 0 bridgehead atoms. The third-order valence-electron chi connectivity index (χ3n) is 2.85. The first kappa shape index (κ1) is 7.18. The van der Waals surface area contributed by atoms with Crippen LogP contribution in [0.2, 0.25) is 0 Å². The predicted octanol–water partition coefficient (Wildman–Crippen LogP) is -0.330. The Hall–Kier alpha value is -2.70. The van der Waals surface area contributed by atoms with Gasteiger partial charge in [0.25, 0.3) is 11.8 Å². The molecule has 0 aliphatic carbocycles. The first-order valence-electron chi connectivity index (χ1n) is 8.48. The van der Waals surface area contributed by atoms with Crippen LogP contribution in [0.25, 0.3) is 0 Å². The minimum atomic E-state index is -3.13. The Balaban J connectivity index is 2.26. The Bertz CT molecular complexity index is 886. The molecule has 1 aromatic rings. The van der Waals surface area contributed by atoms with E-state index < -0.39 is 77.4 Å². The van der Waals surface area contributed by atoms with Gasteiger partial charge in [0, 0.05) is 14.8 Å². The molecule has 3 N–H and O–H groups in total. The lowest BCUT2D eigenvalue weighted by molar-refractivity contribution is -0.136. The number of anilines is 1. The maximum absolute atomic E-state index is 12.7. The Labute approximate surface area is 122 Å². The molecule has 20 heavy (non-hydrogen) atoms. The topological polar surface area (TPSA) is 110 Å². The van der Waals surface area contributed by atoms with Crippen LogP contribution in [0.1, 0.15) is 41.7 Å². The van der Waals surface area contributed by atoms with Crippen molar-refractivity contribution in [2.45, 2.75) is 18.8 Å². The van der Waals surface area contributed by atoms with E-state index in [1.165, 1.54) is 0 Å². The van der Waals surface area contributed by atoms with E-state index in [-0.39, 0.29) is 4.90 Å². The summed E-state index contributed by atoms with van der Waals surface area (Å²) in [4.78, 5) is 49.0. The number of benzene rings is 1. The van der Waals surface area contributed by atoms with Crippen molar-refractivity contribution >= 4 is 29.3 Å². The highest BCUT2D eigenvalue weighted by Crippen LogP contribution is 2.30. The largest absolute Gasteiger partial charge is 0.398 e. The van der Waals surface area contributed by atoms with E-state index in [9.17, 15) is 19.2 Å². The molecule has 7 heteroatoms. The van der Waals surface area contributed by atoms with Crippen LogP contribution in [-0.4, -0.2) is 34.5 Å². The zero-order valence-electron chi connectivity index (χ0n) is 15.9. The predicted molar refractivity (Wildman–Crippen MR) is 67.5 cm³/mol. The fourth-order valence-corrected chi connectivity index (χ4v) is 1.98. The standard InChI is InChI=1S/C13H11N3O4/c14-7-3-1-2-6-10(7)13(20)16(12(6)19)8-4-5-9(17)15-11(8)18/h1-3,8H,4-5,14H2,(H,15,17,18)/t8-/m1/s1/i1D,2D,3D,4D2,8D. The summed E-state index contributed by atoms with van der Waals surface area (Å²) in [7, 11) is 0. The minimum Gasteiger partial charge on any atom is -0.398 e. The maximum Gasteiger partial charge on any atom is 0.264 e. The van der Waals surface area contributed by atoms with Crippen LogP contribution in [-0.2, 0) is 9.59 Å². The maximum atomic E-state index is 12.7. The molecular weight excluding hydrogens is 262 g/mol. The first-order chi connectivity index (χ1) is 11.9. The highest BCUT2D eigenvalue weighted by molar-refractivity contribution is 6.25. The third kappa shape index (κ3) is 1.59. The first-order valence-corrected chi connectivity index (χ1v) is 5.48. The average molecular weight is 279 g/mol. The number of hydrogen-bond acceptors (Lipinski definition) is 5. The van der Waals surface area contributed by atoms with Crippen molar-refractivity contribution in [3.8, 4) is 0 Å². The summed E-state index contributed by atoms with van der Waals surface area (Å²) in [5.74, 6) is -5.23. The molecule has 4 amide bonds. The lowest BCUT2D eigenvalue weighted by Gasteiger charge is -2.27. The lowest BCUT2D eigenvalue weighted by Crippen LogP contribution is -2.54. The van der Waals surface area contributed by atoms with Crippen molar-refractivity contribution in [2.75, 3.05) is 5.73 Å². The quantitative estimate of drug-likeness (QED) is 0.540. The van der Waals surface area contributed by atoms with Gasteiger partial charge in [-0.05, 0) is 18.5 Å². The van der Waals surface area contributed by atoms with Gasteiger partial charge in [-0.2, -0.15) is 0 Å². The zero-order valence-corrected chi connectivity index (χ0v) is 9.86. The van der Waals surface area contributed by atoms with E-state index in [0.29, 0.717) is 0 Å². The van der Waals surface area contributed by atoms with Gasteiger partial charge in [0.2, 0.25) is 11.8 Å². The second-order valence-electron chi connectivity index (χ2n) is 4.06. The van der Waals surface area contributed by atoms with E-state index in [0.717, 1.165) is 0 Å². The van der Waals surface area contributed by atoms with Gasteiger partial charge in [-0.1, -0.05) is 6.04 Å². The molecule has 1 fully saturated rings. The van der Waals surface area contributed by atoms with Crippen LogP contribution < -0.4 is 11.1 Å². The molecule has 1 saturated heterocycles. The normalized spacial score (nSPS) is 32.5. The number of nitrogens with two attached hydrogens (primary N) is 1. The molecule has 1 aromatic carbocycles. The fraction of sp³-hybridized carbons (Fsp3) is 0.231. The van der Waals surface area contributed by atoms with Crippen molar-refractivity contribution in [3.05, 3.63) is 29.3 Å². The number of fused-ring (bicyclic) bond motifs is 1. The number of carbonyl (C=O) groups excluding carboxylic acids is 4. The molecule has 1 atom stereocenters. The summed E-state index contributed by atoms with van der Waals surface area (Å²) in [5.41, 5.74) is 3.72. The Morgan fingerprint density at radius 3 is 2.80 bits per heavy atom. The Morgan fingerprint density at radius 2 is 2.10 bits per heavy atom. The number of nitrogens with zero attached hydrogens (tertiary/aromatic N) is 1. The summed E-state index contributed by atoms with van der Waals surface area (Å²) in [6.07, 6.45) is -3.86. The van der Waals surface area contributed by atoms with Gasteiger partial charge in [0.1, 0.15) is 6.02 Å². The van der Waals surface area contributed by atoms with Crippen LogP contribution in [0.4, 0.5) is 5.69 Å². The van der Waals surface area contributed by atoms with E-state index in [1.807, 2.05) is 0 Å². The van der Waals surface area contributed by atoms with Gasteiger partial charge in [-0.25, -0.2) is 0 Å². The molecule has 0 saturated carbocycles. The van der Waals surface area contributed by atoms with Gasteiger partial charge < -0.3 is 5.73 Å².